The molecule has 0 atom stereocenters. The van der Waals surface area contributed by atoms with Crippen LogP contribution in [0.5, 0.6) is 0 Å². The Morgan fingerprint density at radius 2 is 2.12 bits per heavy atom. The minimum Gasteiger partial charge on any atom is -0.361 e. The number of anilines is 1. The number of nitrogens with zero attached hydrogens (tertiary/aromatic N) is 1. The molecule has 1 aliphatic heterocycles. The van der Waals surface area contributed by atoms with Crippen LogP contribution in [0, 0.1) is 6.92 Å². The highest BCUT2D eigenvalue weighted by molar-refractivity contribution is 5.55. The number of alkyl halides is 3. The van der Waals surface area contributed by atoms with Crippen LogP contribution in [0.25, 0.3) is 0 Å². The molecule has 0 saturated heterocycles. The molecule has 0 aromatic heterocycles. The van der Waals surface area contributed by atoms with Gasteiger partial charge in [-0.2, -0.15) is 13.2 Å². The number of hydrogen-bond acceptors (Lipinski definition) is 2. The van der Waals surface area contributed by atoms with Crippen LogP contribution in [-0.4, -0.2) is 25.8 Å². The first kappa shape index (κ1) is 12.2. The summed E-state index contributed by atoms with van der Waals surface area (Å²) in [4.78, 5) is 1.40. The number of benzene rings is 1. The van der Waals surface area contributed by atoms with Gasteiger partial charge < -0.3 is 10.2 Å². The van der Waals surface area contributed by atoms with Crippen molar-refractivity contribution in [2.45, 2.75) is 19.6 Å². The topological polar surface area (TPSA) is 15.3 Å². The quantitative estimate of drug-likeness (QED) is 0.816. The number of hydrogen-bond donors (Lipinski definition) is 1. The van der Waals surface area contributed by atoms with Crippen molar-refractivity contribution < 1.29 is 13.2 Å². The van der Waals surface area contributed by atoms with Gasteiger partial charge in [0.05, 0.1) is 0 Å². The first-order chi connectivity index (χ1) is 7.96. The van der Waals surface area contributed by atoms with Crippen molar-refractivity contribution in [3.05, 3.63) is 29.3 Å². The highest BCUT2D eigenvalue weighted by atomic mass is 19.4. The van der Waals surface area contributed by atoms with E-state index in [2.05, 4.69) is 5.32 Å². The third kappa shape index (κ3) is 3.12. The van der Waals surface area contributed by atoms with Crippen molar-refractivity contribution in [3.8, 4) is 0 Å². The van der Waals surface area contributed by atoms with E-state index in [1.54, 1.807) is 6.07 Å². The fourth-order valence-corrected chi connectivity index (χ4v) is 2.10. The molecule has 0 amide bonds. The van der Waals surface area contributed by atoms with Gasteiger partial charge in [0, 0.05) is 25.3 Å². The van der Waals surface area contributed by atoms with Crippen LogP contribution in [0.1, 0.15) is 11.1 Å². The molecule has 1 aliphatic rings. The molecule has 17 heavy (non-hydrogen) atoms. The van der Waals surface area contributed by atoms with Crippen molar-refractivity contribution in [3.63, 3.8) is 0 Å². The normalized spacial score (nSPS) is 16.6. The summed E-state index contributed by atoms with van der Waals surface area (Å²) in [5, 5.41) is 3.14. The average molecular weight is 244 g/mol. The second-order valence-corrected chi connectivity index (χ2v) is 4.35. The van der Waals surface area contributed by atoms with E-state index in [9.17, 15) is 13.2 Å². The molecule has 5 heteroatoms. The average Bonchev–Trinajstić information content (AvgIpc) is 2.38. The van der Waals surface area contributed by atoms with Crippen molar-refractivity contribution in [2.24, 2.45) is 0 Å². The van der Waals surface area contributed by atoms with Crippen LogP contribution in [0.4, 0.5) is 18.9 Å². The van der Waals surface area contributed by atoms with Crippen LogP contribution in [0.15, 0.2) is 18.2 Å². The Labute approximate surface area is 98.4 Å². The van der Waals surface area contributed by atoms with Gasteiger partial charge in [0.2, 0.25) is 0 Å². The molecule has 0 bridgehead atoms. The Balaban J connectivity index is 2.30. The lowest BCUT2D eigenvalue weighted by atomic mass is 10.1. The lowest BCUT2D eigenvalue weighted by molar-refractivity contribution is -0.119. The molecule has 0 radical (unpaired) electrons. The van der Waals surface area contributed by atoms with Crippen molar-refractivity contribution >= 4 is 5.69 Å². The molecular formula is C12H15F3N2. The minimum atomic E-state index is -4.16. The molecule has 0 saturated carbocycles. The lowest BCUT2D eigenvalue weighted by Gasteiger charge is -2.25. The van der Waals surface area contributed by atoms with Crippen LogP contribution >= 0.6 is 0 Å². The predicted octanol–water partition coefficient (Wildman–Crippen LogP) is 2.47. The summed E-state index contributed by atoms with van der Waals surface area (Å²) < 4.78 is 37.5. The largest absolute Gasteiger partial charge is 0.405 e. The van der Waals surface area contributed by atoms with Crippen LogP contribution in [-0.2, 0) is 6.54 Å². The molecule has 0 fully saturated rings. The maximum absolute atomic E-state index is 12.5. The highest BCUT2D eigenvalue weighted by Gasteiger charge is 2.32. The first-order valence-corrected chi connectivity index (χ1v) is 5.58. The zero-order chi connectivity index (χ0) is 12.5. The zero-order valence-electron chi connectivity index (χ0n) is 9.64. The zero-order valence-corrected chi connectivity index (χ0v) is 9.64. The molecule has 1 N–H and O–H groups in total. The second-order valence-electron chi connectivity index (χ2n) is 4.35. The third-order valence-corrected chi connectivity index (χ3v) is 2.82. The van der Waals surface area contributed by atoms with Gasteiger partial charge >= 0.3 is 6.18 Å². The lowest BCUT2D eigenvalue weighted by Crippen LogP contribution is -2.37. The van der Waals surface area contributed by atoms with E-state index in [0.717, 1.165) is 11.1 Å². The van der Waals surface area contributed by atoms with E-state index in [1.165, 1.54) is 4.90 Å². The van der Waals surface area contributed by atoms with E-state index in [0.29, 0.717) is 25.3 Å². The van der Waals surface area contributed by atoms with Gasteiger partial charge in [-0.05, 0) is 18.6 Å². The van der Waals surface area contributed by atoms with Gasteiger partial charge in [-0.1, -0.05) is 17.7 Å². The highest BCUT2D eigenvalue weighted by Crippen LogP contribution is 2.27. The maximum atomic E-state index is 12.5. The summed E-state index contributed by atoms with van der Waals surface area (Å²) in [6.45, 7) is 2.65. The second kappa shape index (κ2) is 4.56. The number of nitrogens with one attached hydrogen (secondary N) is 1. The molecule has 94 valence electrons. The van der Waals surface area contributed by atoms with Crippen molar-refractivity contribution in [2.75, 3.05) is 24.5 Å². The standard InChI is InChI=1S/C12H15F3N2/c1-9-2-3-11-10(6-9)7-16-4-5-17(11)8-12(13,14)15/h2-3,6,16H,4-5,7-8H2,1H3. The van der Waals surface area contributed by atoms with Crippen LogP contribution in [0.2, 0.25) is 0 Å². The number of aryl methyl sites for hydroxylation is 1. The molecule has 0 aliphatic carbocycles. The number of rotatable bonds is 1. The monoisotopic (exact) mass is 244 g/mol. The fraction of sp³-hybridized carbons (Fsp3) is 0.500. The van der Waals surface area contributed by atoms with E-state index in [4.69, 9.17) is 0 Å². The molecule has 2 rings (SSSR count). The van der Waals surface area contributed by atoms with Crippen molar-refractivity contribution in [1.82, 2.24) is 5.32 Å². The summed E-state index contributed by atoms with van der Waals surface area (Å²) in [5.74, 6) is 0. The SMILES string of the molecule is Cc1ccc2c(c1)CNCCN2CC(F)(F)F. The molecular weight excluding hydrogens is 229 g/mol. The molecule has 1 aromatic rings. The number of fused-ring (bicyclic) bond motifs is 1. The summed E-state index contributed by atoms with van der Waals surface area (Å²) >= 11 is 0. The molecule has 2 nitrogen and oxygen atoms in total. The Hall–Kier alpha value is -1.23. The Morgan fingerprint density at radius 3 is 2.82 bits per heavy atom. The van der Waals surface area contributed by atoms with E-state index in [-0.39, 0.29) is 0 Å². The molecule has 1 heterocycles. The summed E-state index contributed by atoms with van der Waals surface area (Å²) in [7, 11) is 0. The van der Waals surface area contributed by atoms with Gasteiger partial charge in [0.1, 0.15) is 6.54 Å². The Kier molecular flexibility index (Phi) is 3.28. The summed E-state index contributed by atoms with van der Waals surface area (Å²) in [5.41, 5.74) is 2.70. The van der Waals surface area contributed by atoms with Crippen LogP contribution in [0.3, 0.4) is 0 Å². The number of halogens is 3. The van der Waals surface area contributed by atoms with Crippen molar-refractivity contribution in [1.29, 1.82) is 0 Å². The molecule has 1 aromatic carbocycles. The third-order valence-electron chi connectivity index (χ3n) is 2.82. The molecule has 0 spiro atoms. The summed E-state index contributed by atoms with van der Waals surface area (Å²) in [6.07, 6.45) is -4.16. The molecule has 0 unspecified atom stereocenters. The summed E-state index contributed by atoms with van der Waals surface area (Å²) in [6, 6.07) is 5.58. The minimum absolute atomic E-state index is 0.384. The van der Waals surface area contributed by atoms with Gasteiger partial charge in [-0.25, -0.2) is 0 Å². The van der Waals surface area contributed by atoms with Gasteiger partial charge in [0.25, 0.3) is 0 Å². The predicted molar refractivity (Wildman–Crippen MR) is 61.2 cm³/mol. The van der Waals surface area contributed by atoms with E-state index in [1.807, 2.05) is 19.1 Å². The van der Waals surface area contributed by atoms with Gasteiger partial charge in [-0.15, -0.1) is 0 Å². The van der Waals surface area contributed by atoms with Gasteiger partial charge in [-0.3, -0.25) is 0 Å². The van der Waals surface area contributed by atoms with Gasteiger partial charge in [0.15, 0.2) is 0 Å². The maximum Gasteiger partial charge on any atom is 0.405 e. The Morgan fingerprint density at radius 1 is 1.35 bits per heavy atom. The fourth-order valence-electron chi connectivity index (χ4n) is 2.10. The Bertz CT molecular complexity index is 401. The first-order valence-electron chi connectivity index (χ1n) is 5.58. The smallest absolute Gasteiger partial charge is 0.361 e. The van der Waals surface area contributed by atoms with E-state index < -0.39 is 12.7 Å². The van der Waals surface area contributed by atoms with E-state index >= 15 is 0 Å². The van der Waals surface area contributed by atoms with Crippen LogP contribution < -0.4 is 10.2 Å².